The van der Waals surface area contributed by atoms with Crippen LogP contribution in [0.1, 0.15) is 35.8 Å². The van der Waals surface area contributed by atoms with E-state index in [1.807, 2.05) is 4.98 Å². The summed E-state index contributed by atoms with van der Waals surface area (Å²) in [6.07, 6.45) is 1.64. The smallest absolute Gasteiger partial charge is 0.349 e. The Balaban J connectivity index is 1.78. The number of halogens is 2. The molecular weight excluding hydrogens is 463 g/mol. The van der Waals surface area contributed by atoms with E-state index in [-0.39, 0.29) is 39.0 Å². The molecular formula is C19H14Cl2N6O5. The lowest BCUT2D eigenvalue weighted by molar-refractivity contribution is 0.0860. The molecule has 1 unspecified atom stereocenters. The van der Waals surface area contributed by atoms with Crippen LogP contribution in [-0.2, 0) is 11.2 Å². The summed E-state index contributed by atoms with van der Waals surface area (Å²) in [4.78, 5) is 38.0. The van der Waals surface area contributed by atoms with Crippen LogP contribution in [0.15, 0.2) is 26.5 Å². The number of H-pyrrole nitrogens is 2. The average molecular weight is 477 g/mol. The standard InChI is InChI=1S/C19H14Cl2N6O5/c1-31-13-4-2-3-9-14(13)17(29)24-25-18(9)32-15-10(20)5-8(6-11(15)21)27-19(30)23-16(28)12(7-22)26-27/h5-6,13H,2-4H2,1H3,(H,24,29)(H,23,28,30). The normalized spacial score (nSPS) is 15.1. The first-order valence-corrected chi connectivity index (χ1v) is 10.0. The Bertz CT molecular complexity index is 1410. The van der Waals surface area contributed by atoms with E-state index in [0.717, 1.165) is 11.1 Å². The minimum absolute atomic E-state index is 0.00626. The Hall–Kier alpha value is -3.46. The molecule has 3 aromatic rings. The largest absolute Gasteiger partial charge is 0.434 e. The fourth-order valence-electron chi connectivity index (χ4n) is 3.50. The van der Waals surface area contributed by atoms with Gasteiger partial charge in [0.1, 0.15) is 6.07 Å². The SMILES string of the molecule is COC1CCCc2c(Oc3c(Cl)cc(-n4nc(C#N)c(=O)[nH]c4=O)cc3Cl)n[nH]c(=O)c21. The Labute approximate surface area is 189 Å². The maximum atomic E-state index is 12.3. The third-order valence-corrected chi connectivity index (χ3v) is 5.51. The van der Waals surface area contributed by atoms with E-state index in [9.17, 15) is 14.4 Å². The van der Waals surface area contributed by atoms with Crippen LogP contribution in [0, 0.1) is 11.3 Å². The van der Waals surface area contributed by atoms with Crippen molar-refractivity contribution >= 4 is 23.2 Å². The number of nitriles is 1. The molecule has 2 heterocycles. The van der Waals surface area contributed by atoms with Gasteiger partial charge in [-0.3, -0.25) is 14.6 Å². The van der Waals surface area contributed by atoms with Gasteiger partial charge in [-0.2, -0.15) is 9.94 Å². The van der Waals surface area contributed by atoms with Gasteiger partial charge in [0.05, 0.1) is 27.4 Å². The lowest BCUT2D eigenvalue weighted by atomic mass is 9.91. The van der Waals surface area contributed by atoms with E-state index in [1.54, 1.807) is 6.07 Å². The monoisotopic (exact) mass is 476 g/mol. The number of hydrogen-bond acceptors (Lipinski definition) is 8. The molecule has 2 N–H and O–H groups in total. The van der Waals surface area contributed by atoms with E-state index >= 15 is 0 Å². The molecule has 1 aromatic carbocycles. The molecule has 13 heteroatoms. The third kappa shape index (κ3) is 3.80. The number of nitrogens with zero attached hydrogens (tertiary/aromatic N) is 4. The van der Waals surface area contributed by atoms with Crippen LogP contribution in [0.2, 0.25) is 10.0 Å². The van der Waals surface area contributed by atoms with E-state index < -0.39 is 16.9 Å². The Kier molecular flexibility index (Phi) is 5.84. The zero-order valence-electron chi connectivity index (χ0n) is 16.4. The first-order chi connectivity index (χ1) is 15.3. The highest BCUT2D eigenvalue weighted by atomic mass is 35.5. The number of ether oxygens (including phenoxy) is 2. The fourth-order valence-corrected chi connectivity index (χ4v) is 4.06. The second-order valence-corrected chi connectivity index (χ2v) is 7.65. The van der Waals surface area contributed by atoms with Gasteiger partial charge in [0.2, 0.25) is 11.6 Å². The van der Waals surface area contributed by atoms with Crippen LogP contribution in [0.3, 0.4) is 0 Å². The highest BCUT2D eigenvalue weighted by Crippen LogP contribution is 2.40. The second-order valence-electron chi connectivity index (χ2n) is 6.84. The van der Waals surface area contributed by atoms with Crippen LogP contribution in [-0.4, -0.2) is 32.1 Å². The summed E-state index contributed by atoms with van der Waals surface area (Å²) in [7, 11) is 1.52. The summed E-state index contributed by atoms with van der Waals surface area (Å²) in [6.45, 7) is 0. The molecule has 0 spiro atoms. The third-order valence-electron chi connectivity index (χ3n) is 4.95. The molecule has 0 bridgehead atoms. The maximum Gasteiger partial charge on any atom is 0.349 e. The molecule has 32 heavy (non-hydrogen) atoms. The summed E-state index contributed by atoms with van der Waals surface area (Å²) in [5.74, 6) is 0.167. The van der Waals surface area contributed by atoms with Gasteiger partial charge in [0, 0.05) is 12.7 Å². The molecule has 4 rings (SSSR count). The summed E-state index contributed by atoms with van der Waals surface area (Å²) >= 11 is 12.7. The van der Waals surface area contributed by atoms with Crippen molar-refractivity contribution in [1.82, 2.24) is 25.0 Å². The number of benzene rings is 1. The zero-order valence-corrected chi connectivity index (χ0v) is 18.0. The minimum atomic E-state index is -0.908. The van der Waals surface area contributed by atoms with Crippen molar-refractivity contribution in [1.29, 1.82) is 5.26 Å². The average Bonchev–Trinajstić information content (AvgIpc) is 2.77. The Morgan fingerprint density at radius 2 is 1.94 bits per heavy atom. The molecule has 0 amide bonds. The Morgan fingerprint density at radius 3 is 2.59 bits per heavy atom. The molecule has 0 saturated heterocycles. The zero-order chi connectivity index (χ0) is 23.0. The van der Waals surface area contributed by atoms with Crippen molar-refractivity contribution in [3.05, 3.63) is 70.2 Å². The van der Waals surface area contributed by atoms with Crippen molar-refractivity contribution < 1.29 is 9.47 Å². The summed E-state index contributed by atoms with van der Waals surface area (Å²) in [6, 6.07) is 4.25. The predicted molar refractivity (Wildman–Crippen MR) is 113 cm³/mol. The lowest BCUT2D eigenvalue weighted by Crippen LogP contribution is -2.33. The van der Waals surface area contributed by atoms with Crippen molar-refractivity contribution in [3.8, 4) is 23.4 Å². The van der Waals surface area contributed by atoms with Gasteiger partial charge < -0.3 is 9.47 Å². The fraction of sp³-hybridized carbons (Fsp3) is 0.263. The first kappa shape index (κ1) is 21.8. The first-order valence-electron chi connectivity index (χ1n) is 9.29. The molecule has 164 valence electrons. The topological polar surface area (TPSA) is 156 Å². The molecule has 1 aliphatic carbocycles. The molecule has 0 radical (unpaired) electrons. The van der Waals surface area contributed by atoms with E-state index in [1.165, 1.54) is 19.2 Å². The highest BCUT2D eigenvalue weighted by molar-refractivity contribution is 6.37. The number of aromatic nitrogens is 5. The summed E-state index contributed by atoms with van der Waals surface area (Å²) < 4.78 is 12.0. The number of methoxy groups -OCH3 is 1. The van der Waals surface area contributed by atoms with Crippen molar-refractivity contribution in [2.75, 3.05) is 7.11 Å². The molecule has 11 nitrogen and oxygen atoms in total. The molecule has 0 fully saturated rings. The lowest BCUT2D eigenvalue weighted by Gasteiger charge is -2.24. The quantitative estimate of drug-likeness (QED) is 0.578. The minimum Gasteiger partial charge on any atom is -0.434 e. The van der Waals surface area contributed by atoms with Crippen LogP contribution in [0.5, 0.6) is 11.6 Å². The number of nitrogens with one attached hydrogen (secondary N) is 2. The maximum absolute atomic E-state index is 12.3. The molecule has 1 aliphatic rings. The Morgan fingerprint density at radius 1 is 1.22 bits per heavy atom. The summed E-state index contributed by atoms with van der Waals surface area (Å²) in [5.41, 5.74) is -1.51. The molecule has 1 atom stereocenters. The van der Waals surface area contributed by atoms with Crippen LogP contribution >= 0.6 is 23.2 Å². The van der Waals surface area contributed by atoms with E-state index in [0.29, 0.717) is 24.0 Å². The van der Waals surface area contributed by atoms with E-state index in [4.69, 9.17) is 37.9 Å². The van der Waals surface area contributed by atoms with Gasteiger partial charge >= 0.3 is 5.69 Å². The van der Waals surface area contributed by atoms with Gasteiger partial charge in [0.25, 0.3) is 11.1 Å². The second kappa shape index (κ2) is 8.58. The number of rotatable bonds is 4. The molecule has 2 aromatic heterocycles. The number of fused-ring (bicyclic) bond motifs is 1. The van der Waals surface area contributed by atoms with Crippen molar-refractivity contribution in [2.24, 2.45) is 0 Å². The van der Waals surface area contributed by atoms with Crippen LogP contribution in [0.4, 0.5) is 0 Å². The molecule has 0 saturated carbocycles. The van der Waals surface area contributed by atoms with Gasteiger partial charge in [-0.15, -0.1) is 10.2 Å². The van der Waals surface area contributed by atoms with Gasteiger partial charge in [-0.25, -0.2) is 9.89 Å². The highest BCUT2D eigenvalue weighted by Gasteiger charge is 2.28. The van der Waals surface area contributed by atoms with Crippen LogP contribution < -0.4 is 21.5 Å². The van der Waals surface area contributed by atoms with Crippen molar-refractivity contribution in [2.45, 2.75) is 25.4 Å². The number of aromatic amines is 2. The van der Waals surface area contributed by atoms with Crippen LogP contribution in [0.25, 0.3) is 5.69 Å². The van der Waals surface area contributed by atoms with Crippen molar-refractivity contribution in [3.63, 3.8) is 0 Å². The summed E-state index contributed by atoms with van der Waals surface area (Å²) in [5, 5.41) is 19.1. The predicted octanol–water partition coefficient (Wildman–Crippen LogP) is 2.00. The van der Waals surface area contributed by atoms with Gasteiger partial charge in [-0.05, 0) is 31.4 Å². The molecule has 0 aliphatic heterocycles. The van der Waals surface area contributed by atoms with E-state index in [2.05, 4.69) is 15.3 Å². The van der Waals surface area contributed by atoms with Gasteiger partial charge in [0.15, 0.2) is 5.75 Å². The number of hydrogen-bond donors (Lipinski definition) is 2. The van der Waals surface area contributed by atoms with Gasteiger partial charge in [-0.1, -0.05) is 23.2 Å².